The van der Waals surface area contributed by atoms with Gasteiger partial charge in [-0.15, -0.1) is 0 Å². The molecule has 0 aromatic heterocycles. The van der Waals surface area contributed by atoms with Gasteiger partial charge in [-0.05, 0) is 37.6 Å². The molecule has 0 heterocycles. The largest absolute Gasteiger partial charge is 0.352 e. The minimum Gasteiger partial charge on any atom is -0.352 e. The van der Waals surface area contributed by atoms with Crippen LogP contribution in [0, 0.1) is 5.92 Å². The van der Waals surface area contributed by atoms with Gasteiger partial charge in [0, 0.05) is 18.5 Å². The Morgan fingerprint density at radius 1 is 1.04 bits per heavy atom. The number of nitrogens with one attached hydrogen (secondary N) is 1. The zero-order valence-electron chi connectivity index (χ0n) is 16.1. The lowest BCUT2D eigenvalue weighted by molar-refractivity contribution is 0.212. The van der Waals surface area contributed by atoms with Crippen molar-refractivity contribution in [1.29, 1.82) is 0 Å². The van der Waals surface area contributed by atoms with Crippen LogP contribution in [0.4, 0.5) is 4.79 Å². The Hall–Kier alpha value is -2.33. The highest BCUT2D eigenvalue weighted by Gasteiger charge is 2.41. The van der Waals surface area contributed by atoms with E-state index >= 15 is 0 Å². The molecule has 1 atom stereocenters. The molecule has 3 N–H and O–H groups in total. The topological polar surface area (TPSA) is 58.4 Å². The summed E-state index contributed by atoms with van der Waals surface area (Å²) in [5, 5.41) is 2.92. The van der Waals surface area contributed by atoms with Crippen LogP contribution in [-0.4, -0.2) is 38.1 Å². The number of nitrogens with zero attached hydrogens (tertiary/aromatic N) is 1. The van der Waals surface area contributed by atoms with Gasteiger partial charge in [-0.2, -0.15) is 0 Å². The number of amides is 2. The molecule has 0 spiro atoms. The summed E-state index contributed by atoms with van der Waals surface area (Å²) in [5.41, 5.74) is 7.55. The Labute approximate surface area is 157 Å². The average Bonchev–Trinajstić information content (AvgIpc) is 2.63. The molecule has 2 aromatic carbocycles. The molecule has 0 saturated carbocycles. The van der Waals surface area contributed by atoms with Gasteiger partial charge < -0.3 is 16.0 Å². The minimum absolute atomic E-state index is 0.333. The van der Waals surface area contributed by atoms with Crippen molar-refractivity contribution >= 4 is 6.03 Å². The van der Waals surface area contributed by atoms with Crippen LogP contribution >= 0.6 is 0 Å². The molecule has 0 bridgehead atoms. The maximum Gasteiger partial charge on any atom is 0.312 e. The first-order chi connectivity index (χ1) is 12.5. The van der Waals surface area contributed by atoms with Gasteiger partial charge in [0.05, 0.1) is 0 Å². The lowest BCUT2D eigenvalue weighted by atomic mass is 9.64. The van der Waals surface area contributed by atoms with Gasteiger partial charge in [0.2, 0.25) is 0 Å². The SMILES string of the molecule is CCCC(CN(C)C)C(CNC(N)=O)(c1ccccc1)c1ccccc1. The molecule has 2 aromatic rings. The third-order valence-electron chi connectivity index (χ3n) is 5.04. The van der Waals surface area contributed by atoms with E-state index in [2.05, 4.69) is 79.8 Å². The normalized spacial score (nSPS) is 12.8. The zero-order chi connectivity index (χ0) is 19.0. The second kappa shape index (κ2) is 9.39. The van der Waals surface area contributed by atoms with E-state index in [1.54, 1.807) is 0 Å². The highest BCUT2D eigenvalue weighted by Crippen LogP contribution is 2.41. The molecule has 0 fully saturated rings. The van der Waals surface area contributed by atoms with E-state index in [0.717, 1.165) is 19.4 Å². The van der Waals surface area contributed by atoms with Gasteiger partial charge >= 0.3 is 6.03 Å². The summed E-state index contributed by atoms with van der Waals surface area (Å²) < 4.78 is 0. The maximum absolute atomic E-state index is 11.6. The maximum atomic E-state index is 11.6. The fourth-order valence-corrected chi connectivity index (χ4v) is 3.97. The smallest absolute Gasteiger partial charge is 0.312 e. The number of rotatable bonds is 9. The summed E-state index contributed by atoms with van der Waals surface area (Å²) in [7, 11) is 4.20. The number of hydrogen-bond donors (Lipinski definition) is 2. The van der Waals surface area contributed by atoms with Crippen LogP contribution < -0.4 is 11.1 Å². The number of urea groups is 1. The predicted octanol–water partition coefficient (Wildman–Crippen LogP) is 3.62. The monoisotopic (exact) mass is 353 g/mol. The van der Waals surface area contributed by atoms with Crippen LogP contribution in [0.5, 0.6) is 0 Å². The summed E-state index contributed by atoms with van der Waals surface area (Å²) >= 11 is 0. The number of primary amides is 1. The standard InChI is InChI=1S/C22H31N3O/c1-4-11-20(16-25(2)3)22(17-24-21(23)26,18-12-7-5-8-13-18)19-14-9-6-10-15-19/h5-10,12-15,20H,4,11,16-17H2,1-3H3,(H3,23,24,26). The molecular weight excluding hydrogens is 322 g/mol. The van der Waals surface area contributed by atoms with E-state index in [1.165, 1.54) is 11.1 Å². The predicted molar refractivity (Wildman–Crippen MR) is 108 cm³/mol. The van der Waals surface area contributed by atoms with Crippen molar-refractivity contribution in [2.24, 2.45) is 11.7 Å². The Morgan fingerprint density at radius 3 is 1.92 bits per heavy atom. The van der Waals surface area contributed by atoms with Crippen LogP contribution in [0.2, 0.25) is 0 Å². The molecule has 0 radical (unpaired) electrons. The van der Waals surface area contributed by atoms with E-state index < -0.39 is 6.03 Å². The van der Waals surface area contributed by atoms with Gasteiger partial charge in [-0.25, -0.2) is 4.79 Å². The molecule has 4 nitrogen and oxygen atoms in total. The van der Waals surface area contributed by atoms with E-state index in [4.69, 9.17) is 5.73 Å². The van der Waals surface area contributed by atoms with Crippen molar-refractivity contribution in [3.8, 4) is 0 Å². The zero-order valence-corrected chi connectivity index (χ0v) is 16.1. The van der Waals surface area contributed by atoms with E-state index in [1.807, 2.05) is 12.1 Å². The van der Waals surface area contributed by atoms with Crippen LogP contribution in [0.15, 0.2) is 60.7 Å². The van der Waals surface area contributed by atoms with Crippen molar-refractivity contribution in [1.82, 2.24) is 10.2 Å². The number of hydrogen-bond acceptors (Lipinski definition) is 2. The van der Waals surface area contributed by atoms with Crippen LogP contribution in [0.25, 0.3) is 0 Å². The van der Waals surface area contributed by atoms with Crippen molar-refractivity contribution in [2.45, 2.75) is 25.2 Å². The van der Waals surface area contributed by atoms with Crippen LogP contribution in [0.3, 0.4) is 0 Å². The summed E-state index contributed by atoms with van der Waals surface area (Å²) in [6.45, 7) is 3.62. The third kappa shape index (κ3) is 4.64. The lowest BCUT2D eigenvalue weighted by Crippen LogP contribution is -2.50. The first-order valence-corrected chi connectivity index (χ1v) is 9.29. The first kappa shape index (κ1) is 20.0. The Morgan fingerprint density at radius 2 is 1.54 bits per heavy atom. The van der Waals surface area contributed by atoms with Gasteiger partial charge in [-0.3, -0.25) is 0 Å². The second-order valence-electron chi connectivity index (χ2n) is 7.17. The van der Waals surface area contributed by atoms with E-state index in [-0.39, 0.29) is 5.41 Å². The molecular formula is C22H31N3O. The fraction of sp³-hybridized carbons (Fsp3) is 0.409. The van der Waals surface area contributed by atoms with Gasteiger partial charge in [0.25, 0.3) is 0 Å². The summed E-state index contributed by atoms with van der Waals surface area (Å²) in [6, 6.07) is 20.5. The first-order valence-electron chi connectivity index (χ1n) is 9.29. The van der Waals surface area contributed by atoms with Crippen LogP contribution in [-0.2, 0) is 5.41 Å². The lowest BCUT2D eigenvalue weighted by Gasteiger charge is -2.43. The number of benzene rings is 2. The minimum atomic E-state index is -0.485. The van der Waals surface area contributed by atoms with Gasteiger partial charge in [-0.1, -0.05) is 74.0 Å². The number of nitrogens with two attached hydrogens (primary N) is 1. The van der Waals surface area contributed by atoms with Crippen molar-refractivity contribution in [2.75, 3.05) is 27.2 Å². The molecule has 4 heteroatoms. The molecule has 0 aliphatic carbocycles. The van der Waals surface area contributed by atoms with Crippen molar-refractivity contribution in [3.05, 3.63) is 71.8 Å². The molecule has 1 unspecified atom stereocenters. The summed E-state index contributed by atoms with van der Waals surface area (Å²) in [6.07, 6.45) is 2.14. The third-order valence-corrected chi connectivity index (χ3v) is 5.04. The highest BCUT2D eigenvalue weighted by molar-refractivity contribution is 5.72. The quantitative estimate of drug-likeness (QED) is 0.723. The second-order valence-corrected chi connectivity index (χ2v) is 7.17. The highest BCUT2D eigenvalue weighted by atomic mass is 16.2. The molecule has 2 rings (SSSR count). The summed E-state index contributed by atoms with van der Waals surface area (Å²) in [4.78, 5) is 13.8. The molecule has 0 aliphatic heterocycles. The molecule has 2 amide bonds. The van der Waals surface area contributed by atoms with Gasteiger partial charge in [0.1, 0.15) is 0 Å². The Bertz CT molecular complexity index is 631. The average molecular weight is 354 g/mol. The van der Waals surface area contributed by atoms with E-state index in [9.17, 15) is 4.79 Å². The Kier molecular flexibility index (Phi) is 7.22. The number of carbonyl (C=O) groups is 1. The molecule has 0 aliphatic rings. The fourth-order valence-electron chi connectivity index (χ4n) is 3.97. The van der Waals surface area contributed by atoms with E-state index in [0.29, 0.717) is 12.5 Å². The number of carbonyl (C=O) groups excluding carboxylic acids is 1. The van der Waals surface area contributed by atoms with Crippen LogP contribution in [0.1, 0.15) is 30.9 Å². The van der Waals surface area contributed by atoms with Gasteiger partial charge in [0.15, 0.2) is 0 Å². The molecule has 140 valence electrons. The van der Waals surface area contributed by atoms with Crippen molar-refractivity contribution < 1.29 is 4.79 Å². The van der Waals surface area contributed by atoms with Crippen molar-refractivity contribution in [3.63, 3.8) is 0 Å². The Balaban J connectivity index is 2.67. The molecule has 0 saturated heterocycles. The summed E-state index contributed by atoms with van der Waals surface area (Å²) in [5.74, 6) is 0.333. The molecule has 26 heavy (non-hydrogen) atoms.